The highest BCUT2D eigenvalue weighted by Gasteiger charge is 2.08. The van der Waals surface area contributed by atoms with Crippen molar-refractivity contribution >= 4 is 17.0 Å². The van der Waals surface area contributed by atoms with E-state index in [1.54, 1.807) is 18.6 Å². The molecule has 0 spiro atoms. The molecule has 2 heterocycles. The van der Waals surface area contributed by atoms with E-state index in [2.05, 4.69) is 9.97 Å². The summed E-state index contributed by atoms with van der Waals surface area (Å²) in [5.74, 6) is 0.172. The Hall–Kier alpha value is -2.37. The number of halogens is 1. The minimum absolute atomic E-state index is 0.267. The summed E-state index contributed by atoms with van der Waals surface area (Å²) < 4.78 is 17.2. The Morgan fingerprint density at radius 3 is 2.85 bits per heavy atom. The molecule has 0 atom stereocenters. The van der Waals surface area contributed by atoms with E-state index in [0.717, 1.165) is 37.0 Å². The number of hydrogen-bond acceptors (Lipinski definition) is 3. The van der Waals surface area contributed by atoms with Crippen molar-refractivity contribution in [2.45, 2.75) is 25.9 Å². The molecule has 2 N–H and O–H groups in total. The summed E-state index contributed by atoms with van der Waals surface area (Å²) in [6, 6.07) is 4.54. The van der Waals surface area contributed by atoms with Crippen molar-refractivity contribution in [3.8, 4) is 0 Å². The molecule has 0 aliphatic heterocycles. The van der Waals surface area contributed by atoms with Crippen LogP contribution < -0.4 is 5.73 Å². The molecule has 0 amide bonds. The third-order valence-electron chi connectivity index (χ3n) is 3.35. The van der Waals surface area contributed by atoms with Gasteiger partial charge in [-0.05, 0) is 31.0 Å². The number of benzene rings is 1. The Labute approximate surface area is 115 Å². The molecule has 0 radical (unpaired) electrons. The summed E-state index contributed by atoms with van der Waals surface area (Å²) in [7, 11) is 0. The molecule has 0 fully saturated rings. The highest BCUT2D eigenvalue weighted by atomic mass is 19.1. The van der Waals surface area contributed by atoms with E-state index in [1.165, 1.54) is 12.1 Å². The third-order valence-corrected chi connectivity index (χ3v) is 3.35. The van der Waals surface area contributed by atoms with Crippen molar-refractivity contribution in [3.63, 3.8) is 0 Å². The van der Waals surface area contributed by atoms with Crippen LogP contribution in [0.1, 0.15) is 12.8 Å². The Morgan fingerprint density at radius 1 is 1.20 bits per heavy atom. The molecule has 104 valence electrons. The number of nitrogens with two attached hydrogens (primary N) is 1. The zero-order valence-electron chi connectivity index (χ0n) is 11.0. The number of fused-ring (bicyclic) bond motifs is 1. The van der Waals surface area contributed by atoms with Crippen molar-refractivity contribution in [1.82, 2.24) is 19.1 Å². The number of nitrogens with zero attached hydrogens (tertiary/aromatic N) is 4. The Morgan fingerprint density at radius 2 is 2.05 bits per heavy atom. The molecule has 2 aromatic heterocycles. The van der Waals surface area contributed by atoms with E-state index in [1.807, 2.05) is 15.3 Å². The lowest BCUT2D eigenvalue weighted by Gasteiger charge is -2.07. The molecule has 0 aliphatic carbocycles. The van der Waals surface area contributed by atoms with Gasteiger partial charge in [0.2, 0.25) is 5.95 Å². The van der Waals surface area contributed by atoms with E-state index >= 15 is 0 Å². The maximum absolute atomic E-state index is 13.3. The van der Waals surface area contributed by atoms with Crippen LogP contribution in [0.5, 0.6) is 0 Å². The first kappa shape index (κ1) is 12.7. The molecule has 6 heteroatoms. The van der Waals surface area contributed by atoms with Crippen LogP contribution in [0.15, 0.2) is 36.9 Å². The largest absolute Gasteiger partial charge is 0.369 e. The lowest BCUT2D eigenvalue weighted by Crippen LogP contribution is -2.05. The quantitative estimate of drug-likeness (QED) is 0.726. The van der Waals surface area contributed by atoms with Gasteiger partial charge in [0, 0.05) is 25.5 Å². The number of hydrogen-bond donors (Lipinski definition) is 1. The fourth-order valence-electron chi connectivity index (χ4n) is 2.33. The number of nitrogen functional groups attached to an aromatic ring is 1. The lowest BCUT2D eigenvalue weighted by molar-refractivity contribution is 0.561. The second-order valence-corrected chi connectivity index (χ2v) is 4.76. The van der Waals surface area contributed by atoms with E-state index < -0.39 is 0 Å². The van der Waals surface area contributed by atoms with Crippen molar-refractivity contribution in [2.75, 3.05) is 5.73 Å². The SMILES string of the molecule is Nc1nc2ccc(F)cc2n1CCCCn1ccnc1. The first-order chi connectivity index (χ1) is 9.74. The van der Waals surface area contributed by atoms with Gasteiger partial charge in [0.25, 0.3) is 0 Å². The van der Waals surface area contributed by atoms with Gasteiger partial charge in [-0.2, -0.15) is 0 Å². The van der Waals surface area contributed by atoms with Gasteiger partial charge in [-0.3, -0.25) is 0 Å². The molecular formula is C14H16FN5. The zero-order chi connectivity index (χ0) is 13.9. The van der Waals surface area contributed by atoms with Crippen LogP contribution in [-0.4, -0.2) is 19.1 Å². The molecule has 3 rings (SSSR count). The van der Waals surface area contributed by atoms with Crippen molar-refractivity contribution in [1.29, 1.82) is 0 Å². The normalized spacial score (nSPS) is 11.2. The molecule has 5 nitrogen and oxygen atoms in total. The van der Waals surface area contributed by atoms with Crippen molar-refractivity contribution in [2.24, 2.45) is 0 Å². The number of imidazole rings is 2. The van der Waals surface area contributed by atoms with E-state index in [4.69, 9.17) is 5.73 Å². The standard InChI is InChI=1S/C14H16FN5/c15-11-3-4-12-13(9-11)20(14(16)18-12)7-2-1-6-19-8-5-17-10-19/h3-5,8-10H,1-2,6-7H2,(H2,16,18). The van der Waals surface area contributed by atoms with Crippen LogP contribution in [0, 0.1) is 5.82 Å². The van der Waals surface area contributed by atoms with Gasteiger partial charge in [-0.1, -0.05) is 0 Å². The van der Waals surface area contributed by atoms with Crippen LogP contribution >= 0.6 is 0 Å². The predicted octanol–water partition coefficient (Wildman–Crippen LogP) is 2.43. The van der Waals surface area contributed by atoms with Gasteiger partial charge < -0.3 is 14.9 Å². The molecule has 0 saturated heterocycles. The monoisotopic (exact) mass is 273 g/mol. The van der Waals surface area contributed by atoms with Crippen molar-refractivity contribution in [3.05, 3.63) is 42.7 Å². The summed E-state index contributed by atoms with van der Waals surface area (Å²) in [6.45, 7) is 1.65. The Balaban J connectivity index is 1.67. The fraction of sp³-hybridized carbons (Fsp3) is 0.286. The van der Waals surface area contributed by atoms with E-state index in [9.17, 15) is 4.39 Å². The molecule has 0 bridgehead atoms. The number of aryl methyl sites for hydroxylation is 2. The topological polar surface area (TPSA) is 61.7 Å². The van der Waals surface area contributed by atoms with Crippen LogP contribution in [-0.2, 0) is 13.1 Å². The number of unbranched alkanes of at least 4 members (excludes halogenated alkanes) is 1. The number of anilines is 1. The van der Waals surface area contributed by atoms with Crippen LogP contribution in [0.25, 0.3) is 11.0 Å². The van der Waals surface area contributed by atoms with Crippen molar-refractivity contribution < 1.29 is 4.39 Å². The smallest absolute Gasteiger partial charge is 0.201 e. The summed E-state index contributed by atoms with van der Waals surface area (Å²) in [6.07, 6.45) is 7.46. The zero-order valence-corrected chi connectivity index (χ0v) is 11.0. The highest BCUT2D eigenvalue weighted by Crippen LogP contribution is 2.19. The molecular weight excluding hydrogens is 257 g/mol. The average Bonchev–Trinajstić information content (AvgIpc) is 3.03. The second kappa shape index (κ2) is 5.32. The summed E-state index contributed by atoms with van der Waals surface area (Å²) >= 11 is 0. The lowest BCUT2D eigenvalue weighted by atomic mass is 10.2. The molecule has 0 saturated carbocycles. The van der Waals surface area contributed by atoms with Gasteiger partial charge in [-0.15, -0.1) is 0 Å². The summed E-state index contributed by atoms with van der Waals surface area (Å²) in [5.41, 5.74) is 7.38. The molecule has 0 aliphatic rings. The maximum atomic E-state index is 13.3. The van der Waals surface area contributed by atoms with Gasteiger partial charge in [0.15, 0.2) is 0 Å². The van der Waals surface area contributed by atoms with E-state index in [0.29, 0.717) is 5.95 Å². The number of aromatic nitrogens is 4. The van der Waals surface area contributed by atoms with Gasteiger partial charge in [0.1, 0.15) is 5.82 Å². The molecule has 1 aromatic carbocycles. The Kier molecular flexibility index (Phi) is 3.37. The van der Waals surface area contributed by atoms with Crippen LogP contribution in [0.3, 0.4) is 0 Å². The van der Waals surface area contributed by atoms with Gasteiger partial charge in [-0.25, -0.2) is 14.4 Å². The Bertz CT molecular complexity index is 702. The third kappa shape index (κ3) is 2.49. The van der Waals surface area contributed by atoms with Gasteiger partial charge >= 0.3 is 0 Å². The summed E-state index contributed by atoms with van der Waals surface area (Å²) in [4.78, 5) is 8.24. The minimum Gasteiger partial charge on any atom is -0.369 e. The first-order valence-corrected chi connectivity index (χ1v) is 6.61. The predicted molar refractivity (Wildman–Crippen MR) is 75.6 cm³/mol. The molecule has 3 aromatic rings. The molecule has 20 heavy (non-hydrogen) atoms. The minimum atomic E-state index is -0.267. The second-order valence-electron chi connectivity index (χ2n) is 4.76. The van der Waals surface area contributed by atoms with E-state index in [-0.39, 0.29) is 5.82 Å². The number of rotatable bonds is 5. The van der Waals surface area contributed by atoms with Gasteiger partial charge in [0.05, 0.1) is 17.4 Å². The molecule has 0 unspecified atom stereocenters. The average molecular weight is 273 g/mol. The van der Waals surface area contributed by atoms with Crippen LogP contribution in [0.4, 0.5) is 10.3 Å². The summed E-state index contributed by atoms with van der Waals surface area (Å²) in [5, 5.41) is 0. The maximum Gasteiger partial charge on any atom is 0.201 e. The highest BCUT2D eigenvalue weighted by molar-refractivity contribution is 5.78. The first-order valence-electron chi connectivity index (χ1n) is 6.61. The van der Waals surface area contributed by atoms with Crippen LogP contribution in [0.2, 0.25) is 0 Å². The fourth-order valence-corrected chi connectivity index (χ4v) is 2.33.